The lowest BCUT2D eigenvalue weighted by atomic mass is 9.96. The molecule has 0 aliphatic carbocycles. The van der Waals surface area contributed by atoms with E-state index in [4.69, 9.17) is 0 Å². The molecule has 6 heteroatoms. The number of imidazole rings is 1. The first-order chi connectivity index (χ1) is 10.3. The standard InChI is InChI=1S/C15H20N4OS/c20-15(13-3-8-21-11-13)18-9-12-1-6-19(7-2-12)10-14-16-4-5-17-14/h3-5,8,11-12H,1-2,6-7,9-10H2,(H,16,17)(H,18,20). The molecule has 1 aliphatic heterocycles. The van der Waals surface area contributed by atoms with Crippen LogP contribution in [0.25, 0.3) is 0 Å². The van der Waals surface area contributed by atoms with E-state index in [1.807, 2.05) is 23.0 Å². The van der Waals surface area contributed by atoms with E-state index in [1.165, 1.54) is 0 Å². The minimum Gasteiger partial charge on any atom is -0.352 e. The number of nitrogens with one attached hydrogen (secondary N) is 2. The van der Waals surface area contributed by atoms with Crippen molar-refractivity contribution in [1.29, 1.82) is 0 Å². The normalized spacial score (nSPS) is 17.0. The Morgan fingerprint density at radius 3 is 3.00 bits per heavy atom. The molecule has 0 spiro atoms. The van der Waals surface area contributed by atoms with Crippen LogP contribution in [0, 0.1) is 5.92 Å². The molecule has 0 atom stereocenters. The fourth-order valence-corrected chi connectivity index (χ4v) is 3.31. The van der Waals surface area contributed by atoms with Crippen molar-refractivity contribution in [2.45, 2.75) is 19.4 Å². The summed E-state index contributed by atoms with van der Waals surface area (Å²) in [5.41, 5.74) is 0.773. The van der Waals surface area contributed by atoms with Gasteiger partial charge in [-0.3, -0.25) is 9.69 Å². The van der Waals surface area contributed by atoms with Crippen LogP contribution in [0.2, 0.25) is 0 Å². The molecule has 0 bridgehead atoms. The molecule has 2 aromatic heterocycles. The molecule has 0 saturated carbocycles. The van der Waals surface area contributed by atoms with E-state index in [2.05, 4.69) is 20.2 Å². The predicted octanol–water partition coefficient (Wildman–Crippen LogP) is 2.11. The fourth-order valence-electron chi connectivity index (χ4n) is 2.68. The van der Waals surface area contributed by atoms with E-state index >= 15 is 0 Å². The van der Waals surface area contributed by atoms with Crippen LogP contribution in [0.4, 0.5) is 0 Å². The SMILES string of the molecule is O=C(NCC1CCN(Cc2ncc[nH]2)CC1)c1ccsc1. The smallest absolute Gasteiger partial charge is 0.252 e. The molecule has 2 aromatic rings. The van der Waals surface area contributed by atoms with E-state index in [1.54, 1.807) is 17.5 Å². The van der Waals surface area contributed by atoms with Crippen molar-refractivity contribution in [3.05, 3.63) is 40.6 Å². The molecule has 1 saturated heterocycles. The van der Waals surface area contributed by atoms with Gasteiger partial charge in [0.2, 0.25) is 0 Å². The third-order valence-electron chi connectivity index (χ3n) is 3.97. The van der Waals surface area contributed by atoms with Gasteiger partial charge in [0, 0.05) is 29.9 Å². The molecular formula is C15H20N4OS. The van der Waals surface area contributed by atoms with Gasteiger partial charge in [0.05, 0.1) is 6.54 Å². The van der Waals surface area contributed by atoms with E-state index in [0.717, 1.165) is 50.4 Å². The Morgan fingerprint density at radius 1 is 1.48 bits per heavy atom. The lowest BCUT2D eigenvalue weighted by Gasteiger charge is -2.31. The van der Waals surface area contributed by atoms with E-state index in [-0.39, 0.29) is 5.91 Å². The molecule has 3 heterocycles. The quantitative estimate of drug-likeness (QED) is 0.889. The Morgan fingerprint density at radius 2 is 2.33 bits per heavy atom. The first-order valence-corrected chi connectivity index (χ1v) is 8.26. The van der Waals surface area contributed by atoms with Crippen LogP contribution in [-0.2, 0) is 6.54 Å². The first-order valence-electron chi connectivity index (χ1n) is 7.32. The van der Waals surface area contributed by atoms with Gasteiger partial charge < -0.3 is 10.3 Å². The average Bonchev–Trinajstić information content (AvgIpc) is 3.19. The van der Waals surface area contributed by atoms with Gasteiger partial charge in [-0.15, -0.1) is 0 Å². The van der Waals surface area contributed by atoms with Crippen LogP contribution in [0.1, 0.15) is 29.0 Å². The third kappa shape index (κ3) is 3.92. The van der Waals surface area contributed by atoms with Crippen LogP contribution in [0.3, 0.4) is 0 Å². The summed E-state index contributed by atoms with van der Waals surface area (Å²) in [4.78, 5) is 21.7. The number of hydrogen-bond acceptors (Lipinski definition) is 4. The minimum atomic E-state index is 0.0502. The summed E-state index contributed by atoms with van der Waals surface area (Å²) in [5, 5.41) is 6.87. The molecule has 5 nitrogen and oxygen atoms in total. The second kappa shape index (κ2) is 6.87. The van der Waals surface area contributed by atoms with Gasteiger partial charge in [-0.2, -0.15) is 11.3 Å². The van der Waals surface area contributed by atoms with Gasteiger partial charge in [-0.1, -0.05) is 0 Å². The number of thiophene rings is 1. The summed E-state index contributed by atoms with van der Waals surface area (Å²) in [6, 6.07) is 1.87. The number of likely N-dealkylation sites (tertiary alicyclic amines) is 1. The summed E-state index contributed by atoms with van der Waals surface area (Å²) in [6.07, 6.45) is 5.92. The molecule has 21 heavy (non-hydrogen) atoms. The summed E-state index contributed by atoms with van der Waals surface area (Å²) in [5.74, 6) is 1.66. The van der Waals surface area contributed by atoms with Crippen molar-refractivity contribution in [2.75, 3.05) is 19.6 Å². The summed E-state index contributed by atoms with van der Waals surface area (Å²) in [7, 11) is 0. The topological polar surface area (TPSA) is 61.0 Å². The Labute approximate surface area is 128 Å². The van der Waals surface area contributed by atoms with E-state index in [9.17, 15) is 4.79 Å². The highest BCUT2D eigenvalue weighted by molar-refractivity contribution is 7.08. The number of carbonyl (C=O) groups is 1. The number of piperidine rings is 1. The molecule has 3 rings (SSSR count). The molecule has 0 aromatic carbocycles. The number of aromatic nitrogens is 2. The van der Waals surface area contributed by atoms with Crippen LogP contribution >= 0.6 is 11.3 Å². The lowest BCUT2D eigenvalue weighted by molar-refractivity contribution is 0.0935. The van der Waals surface area contributed by atoms with Gasteiger partial charge in [0.1, 0.15) is 5.82 Å². The Hall–Kier alpha value is -1.66. The average molecular weight is 304 g/mol. The number of H-pyrrole nitrogens is 1. The number of amides is 1. The maximum atomic E-state index is 11.9. The maximum Gasteiger partial charge on any atom is 0.252 e. The van der Waals surface area contributed by atoms with Crippen LogP contribution < -0.4 is 5.32 Å². The highest BCUT2D eigenvalue weighted by Gasteiger charge is 2.20. The Balaban J connectivity index is 1.39. The summed E-state index contributed by atoms with van der Waals surface area (Å²) < 4.78 is 0. The molecule has 1 amide bonds. The second-order valence-corrected chi connectivity index (χ2v) is 6.26. The molecule has 1 fully saturated rings. The predicted molar refractivity (Wildman–Crippen MR) is 83.2 cm³/mol. The maximum absolute atomic E-state index is 11.9. The molecule has 0 radical (unpaired) electrons. The van der Waals surface area contributed by atoms with Gasteiger partial charge >= 0.3 is 0 Å². The third-order valence-corrected chi connectivity index (χ3v) is 4.65. The molecule has 0 unspecified atom stereocenters. The van der Waals surface area contributed by atoms with Crippen molar-refractivity contribution in [3.8, 4) is 0 Å². The minimum absolute atomic E-state index is 0.0502. The van der Waals surface area contributed by atoms with Crippen molar-refractivity contribution in [1.82, 2.24) is 20.2 Å². The molecule has 2 N–H and O–H groups in total. The van der Waals surface area contributed by atoms with E-state index in [0.29, 0.717) is 5.92 Å². The monoisotopic (exact) mass is 304 g/mol. The largest absolute Gasteiger partial charge is 0.352 e. The second-order valence-electron chi connectivity index (χ2n) is 5.48. The first kappa shape index (κ1) is 14.3. The van der Waals surface area contributed by atoms with Crippen LogP contribution in [-0.4, -0.2) is 40.4 Å². The van der Waals surface area contributed by atoms with Gasteiger partial charge in [0.25, 0.3) is 5.91 Å². The zero-order valence-corrected chi connectivity index (χ0v) is 12.7. The summed E-state index contributed by atoms with van der Waals surface area (Å²) in [6.45, 7) is 3.81. The van der Waals surface area contributed by atoms with Crippen molar-refractivity contribution in [3.63, 3.8) is 0 Å². The summed E-state index contributed by atoms with van der Waals surface area (Å²) >= 11 is 1.55. The highest BCUT2D eigenvalue weighted by Crippen LogP contribution is 2.17. The molecule has 112 valence electrons. The number of rotatable bonds is 5. The van der Waals surface area contributed by atoms with Crippen molar-refractivity contribution >= 4 is 17.2 Å². The number of carbonyl (C=O) groups excluding carboxylic acids is 1. The van der Waals surface area contributed by atoms with Gasteiger partial charge in [0.15, 0.2) is 0 Å². The zero-order chi connectivity index (χ0) is 14.5. The van der Waals surface area contributed by atoms with Crippen LogP contribution in [0.15, 0.2) is 29.2 Å². The van der Waals surface area contributed by atoms with Crippen molar-refractivity contribution in [2.24, 2.45) is 5.92 Å². The fraction of sp³-hybridized carbons (Fsp3) is 0.467. The van der Waals surface area contributed by atoms with Crippen molar-refractivity contribution < 1.29 is 4.79 Å². The lowest BCUT2D eigenvalue weighted by Crippen LogP contribution is -2.38. The van der Waals surface area contributed by atoms with E-state index < -0.39 is 0 Å². The number of aromatic amines is 1. The highest BCUT2D eigenvalue weighted by atomic mass is 32.1. The van der Waals surface area contributed by atoms with Gasteiger partial charge in [-0.25, -0.2) is 4.98 Å². The zero-order valence-electron chi connectivity index (χ0n) is 11.9. The van der Waals surface area contributed by atoms with Crippen LogP contribution in [0.5, 0.6) is 0 Å². The van der Waals surface area contributed by atoms with Gasteiger partial charge in [-0.05, 0) is 43.3 Å². The molecule has 1 aliphatic rings. The Bertz CT molecular complexity index is 544. The molecular weight excluding hydrogens is 284 g/mol. The Kier molecular flexibility index (Phi) is 4.67. The number of nitrogens with zero attached hydrogens (tertiary/aromatic N) is 2. The number of hydrogen-bond donors (Lipinski definition) is 2.